The fourth-order valence-corrected chi connectivity index (χ4v) is 2.52. The van der Waals surface area contributed by atoms with E-state index in [0.29, 0.717) is 0 Å². The number of amides is 1. The number of hydrogen-bond acceptors (Lipinski definition) is 3. The van der Waals surface area contributed by atoms with E-state index in [2.05, 4.69) is 10.3 Å². The fourth-order valence-electron chi connectivity index (χ4n) is 2.52. The van der Waals surface area contributed by atoms with Gasteiger partial charge in [-0.05, 0) is 31.7 Å². The van der Waals surface area contributed by atoms with Crippen LogP contribution in [0.1, 0.15) is 52.0 Å². The van der Waals surface area contributed by atoms with E-state index in [1.165, 1.54) is 6.07 Å². The zero-order chi connectivity index (χ0) is 18.0. The quantitative estimate of drug-likeness (QED) is 0.903. The van der Waals surface area contributed by atoms with Crippen molar-refractivity contribution in [2.75, 3.05) is 0 Å². The zero-order valence-electron chi connectivity index (χ0n) is 14.1. The largest absolute Gasteiger partial charge is 0.474 e. The summed E-state index contributed by atoms with van der Waals surface area (Å²) in [4.78, 5) is 15.7. The van der Waals surface area contributed by atoms with Crippen molar-refractivity contribution in [3.8, 4) is 5.88 Å². The van der Waals surface area contributed by atoms with Crippen molar-refractivity contribution in [3.05, 3.63) is 23.9 Å². The average molecular weight is 344 g/mol. The fraction of sp³-hybridized carbons (Fsp3) is 0.647. The van der Waals surface area contributed by atoms with E-state index in [0.717, 1.165) is 37.9 Å². The third-order valence-corrected chi connectivity index (χ3v) is 4.04. The molecule has 134 valence electrons. The minimum Gasteiger partial charge on any atom is -0.474 e. The number of nitrogens with one attached hydrogen (secondary N) is 1. The second kappa shape index (κ2) is 6.99. The molecule has 1 amide bonds. The Labute approximate surface area is 139 Å². The molecule has 0 unspecified atom stereocenters. The van der Waals surface area contributed by atoms with E-state index >= 15 is 0 Å². The van der Waals surface area contributed by atoms with Gasteiger partial charge < -0.3 is 10.1 Å². The zero-order valence-corrected chi connectivity index (χ0v) is 14.1. The van der Waals surface area contributed by atoms with Crippen molar-refractivity contribution >= 4 is 5.91 Å². The Bertz CT molecular complexity index is 557. The lowest BCUT2D eigenvalue weighted by Gasteiger charge is -2.31. The standard InChI is InChI=1S/C17H23F3N2O2/c1-16(2,3)15(23)22-12-5-7-13(8-6-12)24-14-9-4-11(10-21-14)17(18,19)20/h4,9-10,12-13H,5-8H2,1-3H3,(H,22,23). The van der Waals surface area contributed by atoms with Crippen LogP contribution in [0.2, 0.25) is 0 Å². The van der Waals surface area contributed by atoms with Gasteiger partial charge in [-0.25, -0.2) is 4.98 Å². The number of rotatable bonds is 3. The summed E-state index contributed by atoms with van der Waals surface area (Å²) < 4.78 is 43.1. The number of halogens is 3. The molecule has 24 heavy (non-hydrogen) atoms. The number of aromatic nitrogens is 1. The average Bonchev–Trinajstić information content (AvgIpc) is 2.48. The Morgan fingerprint density at radius 2 is 1.79 bits per heavy atom. The van der Waals surface area contributed by atoms with Crippen molar-refractivity contribution in [2.24, 2.45) is 5.41 Å². The molecular formula is C17H23F3N2O2. The third kappa shape index (κ3) is 5.11. The number of carbonyl (C=O) groups is 1. The SMILES string of the molecule is CC(C)(C)C(=O)NC1CCC(Oc2ccc(C(F)(F)F)cn2)CC1. The molecule has 0 aliphatic heterocycles. The Balaban J connectivity index is 1.82. The number of carbonyl (C=O) groups excluding carboxylic acids is 1. The van der Waals surface area contributed by atoms with Gasteiger partial charge in [0, 0.05) is 23.7 Å². The van der Waals surface area contributed by atoms with Gasteiger partial charge >= 0.3 is 6.18 Å². The lowest BCUT2D eigenvalue weighted by molar-refractivity contribution is -0.137. The molecule has 0 atom stereocenters. The maximum Gasteiger partial charge on any atom is 0.417 e. The molecule has 0 saturated heterocycles. The summed E-state index contributed by atoms with van der Waals surface area (Å²) in [6.45, 7) is 5.61. The van der Waals surface area contributed by atoms with Crippen LogP contribution in [-0.4, -0.2) is 23.0 Å². The maximum atomic E-state index is 12.5. The van der Waals surface area contributed by atoms with Crippen molar-refractivity contribution in [1.82, 2.24) is 10.3 Å². The molecular weight excluding hydrogens is 321 g/mol. The van der Waals surface area contributed by atoms with Crippen LogP contribution in [0.25, 0.3) is 0 Å². The highest BCUT2D eigenvalue weighted by Crippen LogP contribution is 2.30. The van der Waals surface area contributed by atoms with E-state index in [4.69, 9.17) is 4.74 Å². The van der Waals surface area contributed by atoms with Gasteiger partial charge in [-0.1, -0.05) is 20.8 Å². The normalized spacial score (nSPS) is 22.1. The van der Waals surface area contributed by atoms with Crippen LogP contribution in [0.3, 0.4) is 0 Å². The molecule has 1 heterocycles. The molecule has 1 N–H and O–H groups in total. The number of hydrogen-bond donors (Lipinski definition) is 1. The van der Waals surface area contributed by atoms with Gasteiger partial charge in [0.15, 0.2) is 0 Å². The van der Waals surface area contributed by atoms with E-state index in [-0.39, 0.29) is 23.9 Å². The number of nitrogens with zero attached hydrogens (tertiary/aromatic N) is 1. The van der Waals surface area contributed by atoms with Crippen molar-refractivity contribution in [2.45, 2.75) is 64.8 Å². The summed E-state index contributed by atoms with van der Waals surface area (Å²) in [6.07, 6.45) is -0.660. The first-order valence-corrected chi connectivity index (χ1v) is 8.06. The highest BCUT2D eigenvalue weighted by Gasteiger charge is 2.31. The highest BCUT2D eigenvalue weighted by atomic mass is 19.4. The smallest absolute Gasteiger partial charge is 0.417 e. The van der Waals surface area contributed by atoms with Crippen LogP contribution in [0, 0.1) is 5.41 Å². The molecule has 1 aromatic rings. The number of alkyl halides is 3. The van der Waals surface area contributed by atoms with Gasteiger partial charge in [-0.3, -0.25) is 4.79 Å². The van der Waals surface area contributed by atoms with Gasteiger partial charge in [0.25, 0.3) is 0 Å². The second-order valence-electron chi connectivity index (χ2n) is 7.20. The van der Waals surface area contributed by atoms with Crippen molar-refractivity contribution < 1.29 is 22.7 Å². The lowest BCUT2D eigenvalue weighted by Crippen LogP contribution is -2.44. The molecule has 4 nitrogen and oxygen atoms in total. The Kier molecular flexibility index (Phi) is 5.40. The number of pyridine rings is 1. The van der Waals surface area contributed by atoms with Crippen LogP contribution in [0.4, 0.5) is 13.2 Å². The molecule has 0 aromatic carbocycles. The Morgan fingerprint density at radius 1 is 1.17 bits per heavy atom. The summed E-state index contributed by atoms with van der Waals surface area (Å²) in [5, 5.41) is 3.03. The summed E-state index contributed by atoms with van der Waals surface area (Å²) in [5.74, 6) is 0.224. The Morgan fingerprint density at radius 3 is 2.25 bits per heavy atom. The van der Waals surface area contributed by atoms with Gasteiger partial charge in [-0.15, -0.1) is 0 Å². The van der Waals surface area contributed by atoms with Crippen LogP contribution in [0.5, 0.6) is 5.88 Å². The topological polar surface area (TPSA) is 51.2 Å². The lowest BCUT2D eigenvalue weighted by atomic mass is 9.90. The minimum absolute atomic E-state index is 0.0243. The van der Waals surface area contributed by atoms with Crippen molar-refractivity contribution in [3.63, 3.8) is 0 Å². The summed E-state index contributed by atoms with van der Waals surface area (Å²) in [7, 11) is 0. The van der Waals surface area contributed by atoms with Crippen molar-refractivity contribution in [1.29, 1.82) is 0 Å². The van der Waals surface area contributed by atoms with Crippen LogP contribution < -0.4 is 10.1 Å². The predicted octanol–water partition coefficient (Wildman–Crippen LogP) is 3.95. The monoisotopic (exact) mass is 344 g/mol. The first-order valence-electron chi connectivity index (χ1n) is 8.06. The second-order valence-corrected chi connectivity index (χ2v) is 7.20. The molecule has 1 aromatic heterocycles. The summed E-state index contributed by atoms with van der Waals surface area (Å²) >= 11 is 0. The van der Waals surface area contributed by atoms with Gasteiger partial charge in [-0.2, -0.15) is 13.2 Å². The molecule has 1 fully saturated rings. The van der Waals surface area contributed by atoms with Crippen LogP contribution in [-0.2, 0) is 11.0 Å². The predicted molar refractivity (Wildman–Crippen MR) is 83.5 cm³/mol. The minimum atomic E-state index is -4.39. The van der Waals surface area contributed by atoms with E-state index < -0.39 is 17.2 Å². The first-order chi connectivity index (χ1) is 11.1. The molecule has 0 spiro atoms. The molecule has 7 heteroatoms. The maximum absolute atomic E-state index is 12.5. The van der Waals surface area contributed by atoms with E-state index in [1.807, 2.05) is 20.8 Å². The van der Waals surface area contributed by atoms with Gasteiger partial charge in [0.1, 0.15) is 6.10 Å². The van der Waals surface area contributed by atoms with Crippen LogP contribution >= 0.6 is 0 Å². The first kappa shape index (κ1) is 18.5. The molecule has 1 saturated carbocycles. The van der Waals surface area contributed by atoms with E-state index in [1.54, 1.807) is 0 Å². The third-order valence-electron chi connectivity index (χ3n) is 4.04. The summed E-state index contributed by atoms with van der Waals surface area (Å²) in [5.41, 5.74) is -1.21. The molecule has 0 bridgehead atoms. The van der Waals surface area contributed by atoms with Crippen LogP contribution in [0.15, 0.2) is 18.3 Å². The molecule has 2 rings (SSSR count). The van der Waals surface area contributed by atoms with Gasteiger partial charge in [0.2, 0.25) is 11.8 Å². The molecule has 0 radical (unpaired) electrons. The number of ether oxygens (including phenoxy) is 1. The van der Waals surface area contributed by atoms with Gasteiger partial charge in [0.05, 0.1) is 5.56 Å². The summed E-state index contributed by atoms with van der Waals surface area (Å²) in [6, 6.07) is 2.34. The highest BCUT2D eigenvalue weighted by molar-refractivity contribution is 5.81. The molecule has 1 aliphatic carbocycles. The molecule has 1 aliphatic rings. The van der Waals surface area contributed by atoms with E-state index in [9.17, 15) is 18.0 Å². The Hall–Kier alpha value is -1.79.